The molecule has 0 aliphatic heterocycles. The minimum atomic E-state index is -1.81. The Labute approximate surface area is 61.6 Å². The summed E-state index contributed by atoms with van der Waals surface area (Å²) in [4.78, 5) is 0. The van der Waals surface area contributed by atoms with E-state index in [-0.39, 0.29) is 0 Å². The molecule has 0 aromatic rings. The first-order chi connectivity index (χ1) is 3.50. The highest BCUT2D eigenvalue weighted by atomic mass is 35.7. The van der Waals surface area contributed by atoms with Crippen LogP contribution in [0.15, 0.2) is 0 Å². The molecule has 0 N–H and O–H groups in total. The largest absolute Gasteiger partial charge is 0.253 e. The summed E-state index contributed by atoms with van der Waals surface area (Å²) in [6.45, 7) is 4.40. The number of hydrogen-bond donors (Lipinski definition) is 0. The predicted octanol–water partition coefficient (Wildman–Crippen LogP) is 3.34. The van der Waals surface area contributed by atoms with Crippen LogP contribution in [0, 0.1) is 0 Å². The van der Waals surface area contributed by atoms with Gasteiger partial charge in [-0.3, -0.25) is 0 Å². The summed E-state index contributed by atoms with van der Waals surface area (Å²) >= 11 is 11.9. The SMILES string of the molecule is CC[Si](Cl)(Cl)C(C)C. The van der Waals surface area contributed by atoms with Gasteiger partial charge in [0, 0.05) is 0 Å². The third-order valence-electron chi connectivity index (χ3n) is 1.32. The van der Waals surface area contributed by atoms with Gasteiger partial charge in [0.25, 0.3) is 6.69 Å². The molecule has 0 nitrogen and oxygen atoms in total. The quantitative estimate of drug-likeness (QED) is 0.441. The second kappa shape index (κ2) is 3.09. The molecule has 0 rings (SSSR count). The van der Waals surface area contributed by atoms with Gasteiger partial charge in [-0.2, -0.15) is 0 Å². The monoisotopic (exact) mass is 170 g/mol. The summed E-state index contributed by atoms with van der Waals surface area (Å²) in [5.41, 5.74) is 0.482. The van der Waals surface area contributed by atoms with Crippen LogP contribution in [0.4, 0.5) is 0 Å². The van der Waals surface area contributed by atoms with Gasteiger partial charge in [0.2, 0.25) is 0 Å². The molecule has 0 atom stereocenters. The van der Waals surface area contributed by atoms with Crippen LogP contribution in [0.25, 0.3) is 0 Å². The first-order valence-electron chi connectivity index (χ1n) is 2.88. The maximum Gasteiger partial charge on any atom is 0.253 e. The van der Waals surface area contributed by atoms with Gasteiger partial charge in [-0.25, -0.2) is 0 Å². The first kappa shape index (κ1) is 8.80. The third kappa shape index (κ3) is 2.38. The van der Waals surface area contributed by atoms with Crippen LogP contribution in [-0.2, 0) is 0 Å². The lowest BCUT2D eigenvalue weighted by atomic mass is 10.6. The highest BCUT2D eigenvalue weighted by Crippen LogP contribution is 2.32. The van der Waals surface area contributed by atoms with E-state index in [1.807, 2.05) is 6.92 Å². The lowest BCUT2D eigenvalue weighted by Gasteiger charge is -2.17. The molecule has 0 saturated heterocycles. The Kier molecular flexibility index (Phi) is 3.40. The van der Waals surface area contributed by atoms with Crippen LogP contribution in [-0.4, -0.2) is 6.69 Å². The fraction of sp³-hybridized carbons (Fsp3) is 1.00. The maximum absolute atomic E-state index is 5.96. The molecule has 0 aromatic heterocycles. The zero-order chi connectivity index (χ0) is 6.78. The molecule has 0 heterocycles. The van der Waals surface area contributed by atoms with Gasteiger partial charge < -0.3 is 0 Å². The molecule has 3 heteroatoms. The van der Waals surface area contributed by atoms with E-state index in [1.165, 1.54) is 0 Å². The first-order valence-corrected chi connectivity index (χ1v) is 7.19. The van der Waals surface area contributed by atoms with E-state index in [2.05, 4.69) is 13.8 Å². The van der Waals surface area contributed by atoms with E-state index in [9.17, 15) is 0 Å². The minimum Gasteiger partial charge on any atom is -0.146 e. The smallest absolute Gasteiger partial charge is 0.146 e. The van der Waals surface area contributed by atoms with Gasteiger partial charge in [-0.1, -0.05) is 20.8 Å². The van der Waals surface area contributed by atoms with Crippen molar-refractivity contribution in [3.63, 3.8) is 0 Å². The molecule has 0 saturated carbocycles. The van der Waals surface area contributed by atoms with E-state index in [1.54, 1.807) is 0 Å². The summed E-state index contributed by atoms with van der Waals surface area (Å²) in [5.74, 6) is 0. The van der Waals surface area contributed by atoms with Crippen molar-refractivity contribution in [3.8, 4) is 0 Å². The summed E-state index contributed by atoms with van der Waals surface area (Å²) in [6.07, 6.45) is 0. The molecular weight excluding hydrogens is 159 g/mol. The Morgan fingerprint density at radius 3 is 1.75 bits per heavy atom. The molecule has 8 heavy (non-hydrogen) atoms. The molecule has 0 unspecified atom stereocenters. The maximum atomic E-state index is 5.96. The highest BCUT2D eigenvalue weighted by molar-refractivity contribution is 7.45. The van der Waals surface area contributed by atoms with Crippen molar-refractivity contribution < 1.29 is 0 Å². The number of halogens is 2. The Balaban J connectivity index is 3.71. The Bertz CT molecular complexity index is 70.8. The van der Waals surface area contributed by atoms with Crippen LogP contribution < -0.4 is 0 Å². The van der Waals surface area contributed by atoms with Crippen molar-refractivity contribution in [2.45, 2.75) is 32.4 Å². The molecule has 0 spiro atoms. The molecule has 50 valence electrons. The standard InChI is InChI=1S/C5H12Cl2Si/c1-4-8(6,7)5(2)3/h5H,4H2,1-3H3. The highest BCUT2D eigenvalue weighted by Gasteiger charge is 2.29. The van der Waals surface area contributed by atoms with E-state index >= 15 is 0 Å². The number of hydrogen-bond acceptors (Lipinski definition) is 0. The van der Waals surface area contributed by atoms with E-state index in [0.717, 1.165) is 6.04 Å². The topological polar surface area (TPSA) is 0 Å². The fourth-order valence-corrected chi connectivity index (χ4v) is 1.22. The van der Waals surface area contributed by atoms with Crippen molar-refractivity contribution >= 4 is 28.9 Å². The fourth-order valence-electron chi connectivity index (χ4n) is 0.408. The van der Waals surface area contributed by atoms with Crippen molar-refractivity contribution in [1.29, 1.82) is 0 Å². The van der Waals surface area contributed by atoms with E-state index < -0.39 is 6.69 Å². The van der Waals surface area contributed by atoms with Crippen LogP contribution in [0.5, 0.6) is 0 Å². The van der Waals surface area contributed by atoms with Gasteiger partial charge in [0.05, 0.1) is 0 Å². The molecule has 0 radical (unpaired) electrons. The molecule has 0 fully saturated rings. The average Bonchev–Trinajstić information content (AvgIpc) is 1.67. The Morgan fingerprint density at radius 2 is 1.75 bits per heavy atom. The van der Waals surface area contributed by atoms with Crippen LogP contribution in [0.2, 0.25) is 11.6 Å². The second-order valence-corrected chi connectivity index (χ2v) is 10.3. The zero-order valence-electron chi connectivity index (χ0n) is 5.54. The van der Waals surface area contributed by atoms with E-state index in [0.29, 0.717) is 5.54 Å². The molecule has 0 amide bonds. The predicted molar refractivity (Wildman–Crippen MR) is 43.0 cm³/mol. The average molecular weight is 171 g/mol. The van der Waals surface area contributed by atoms with Crippen molar-refractivity contribution in [2.75, 3.05) is 0 Å². The zero-order valence-corrected chi connectivity index (χ0v) is 8.05. The van der Waals surface area contributed by atoms with Crippen molar-refractivity contribution in [2.24, 2.45) is 0 Å². The summed E-state index contributed by atoms with van der Waals surface area (Å²) < 4.78 is 0. The second-order valence-electron chi connectivity index (χ2n) is 2.27. The molecule has 0 bridgehead atoms. The van der Waals surface area contributed by atoms with Gasteiger partial charge in [-0.15, -0.1) is 22.2 Å². The van der Waals surface area contributed by atoms with Crippen LogP contribution >= 0.6 is 22.2 Å². The third-order valence-corrected chi connectivity index (χ3v) is 8.17. The minimum absolute atomic E-state index is 0.482. The van der Waals surface area contributed by atoms with Gasteiger partial charge >= 0.3 is 0 Å². The van der Waals surface area contributed by atoms with Gasteiger partial charge in [0.1, 0.15) is 0 Å². The normalized spacial score (nSPS) is 12.8. The molecule has 0 aliphatic carbocycles. The summed E-state index contributed by atoms with van der Waals surface area (Å²) in [7, 11) is 0. The summed E-state index contributed by atoms with van der Waals surface area (Å²) in [6, 6.07) is 0.952. The molecule has 0 aromatic carbocycles. The van der Waals surface area contributed by atoms with Crippen LogP contribution in [0.1, 0.15) is 20.8 Å². The Morgan fingerprint density at radius 1 is 1.38 bits per heavy atom. The lowest BCUT2D eigenvalue weighted by molar-refractivity contribution is 1.03. The van der Waals surface area contributed by atoms with Gasteiger partial charge in [0.15, 0.2) is 0 Å². The van der Waals surface area contributed by atoms with Gasteiger partial charge in [-0.05, 0) is 11.6 Å². The van der Waals surface area contributed by atoms with Crippen molar-refractivity contribution in [3.05, 3.63) is 0 Å². The van der Waals surface area contributed by atoms with E-state index in [4.69, 9.17) is 22.2 Å². The molecule has 0 aliphatic rings. The molecular formula is C5H12Cl2Si. The summed E-state index contributed by atoms with van der Waals surface area (Å²) in [5, 5.41) is 0. The Hall–Kier alpha value is 0.797. The van der Waals surface area contributed by atoms with Crippen LogP contribution in [0.3, 0.4) is 0 Å². The number of rotatable bonds is 2. The van der Waals surface area contributed by atoms with Crippen molar-refractivity contribution in [1.82, 2.24) is 0 Å². The lowest BCUT2D eigenvalue weighted by Crippen LogP contribution is -2.21.